The van der Waals surface area contributed by atoms with Crippen LogP contribution in [-0.2, 0) is 6.54 Å². The predicted octanol–water partition coefficient (Wildman–Crippen LogP) is 0.0427. The molecule has 0 saturated heterocycles. The first-order valence-electron chi connectivity index (χ1n) is 4.95. The summed E-state index contributed by atoms with van der Waals surface area (Å²) in [6.45, 7) is 0.0759. The van der Waals surface area contributed by atoms with Crippen LogP contribution in [0.5, 0.6) is 0 Å². The molecule has 0 aromatic carbocycles. The summed E-state index contributed by atoms with van der Waals surface area (Å²) in [5.41, 5.74) is 0.555. The van der Waals surface area contributed by atoms with E-state index in [1.807, 2.05) is 5.38 Å². The summed E-state index contributed by atoms with van der Waals surface area (Å²) in [5, 5.41) is 10.2. The van der Waals surface area contributed by atoms with Crippen LogP contribution < -0.4 is 5.69 Å². The fourth-order valence-electron chi connectivity index (χ4n) is 1.51. The maximum Gasteiger partial charge on any atom is 0.353 e. The van der Waals surface area contributed by atoms with Crippen molar-refractivity contribution < 1.29 is 0 Å². The minimum absolute atomic E-state index is 0.0759. The van der Waals surface area contributed by atoms with Gasteiger partial charge in [-0.05, 0) is 0 Å². The van der Waals surface area contributed by atoms with Gasteiger partial charge in [0.25, 0.3) is 0 Å². The molecule has 0 aliphatic rings. The number of rotatable bonds is 2. The molecular formula is C10H6N6OS. The van der Waals surface area contributed by atoms with Gasteiger partial charge in [0.05, 0.1) is 0 Å². The Morgan fingerprint density at radius 3 is 3.06 bits per heavy atom. The van der Waals surface area contributed by atoms with Crippen molar-refractivity contribution in [3.05, 3.63) is 28.4 Å². The van der Waals surface area contributed by atoms with E-state index in [1.54, 1.807) is 6.20 Å². The van der Waals surface area contributed by atoms with Crippen molar-refractivity contribution in [2.75, 3.05) is 0 Å². The summed E-state index contributed by atoms with van der Waals surface area (Å²) >= 11 is 1.42. The highest BCUT2D eigenvalue weighted by molar-refractivity contribution is 7.13. The maximum atomic E-state index is 12.0. The van der Waals surface area contributed by atoms with E-state index in [1.165, 1.54) is 22.1 Å². The second kappa shape index (κ2) is 4.05. The van der Waals surface area contributed by atoms with Gasteiger partial charge in [0.1, 0.15) is 23.6 Å². The molecule has 3 heterocycles. The van der Waals surface area contributed by atoms with Crippen LogP contribution in [0.2, 0.25) is 0 Å². The lowest BCUT2D eigenvalue weighted by atomic mass is 10.5. The molecule has 0 aliphatic heterocycles. The second-order valence-electron chi connectivity index (χ2n) is 3.36. The third-order valence-electron chi connectivity index (χ3n) is 2.29. The van der Waals surface area contributed by atoms with E-state index in [0.717, 1.165) is 4.68 Å². The van der Waals surface area contributed by atoms with Gasteiger partial charge in [-0.15, -0.1) is 22.9 Å². The van der Waals surface area contributed by atoms with Gasteiger partial charge in [-0.25, -0.2) is 19.2 Å². The Labute approximate surface area is 105 Å². The number of hydrogen-bond acceptors (Lipinski definition) is 6. The molecule has 3 aromatic heterocycles. The molecule has 7 nitrogen and oxygen atoms in total. The van der Waals surface area contributed by atoms with Gasteiger partial charge in [-0.1, -0.05) is 11.1 Å². The topological polar surface area (TPSA) is 78.0 Å². The Morgan fingerprint density at radius 1 is 1.44 bits per heavy atom. The number of fused-ring (bicyclic) bond motifs is 1. The zero-order valence-corrected chi connectivity index (χ0v) is 9.83. The Bertz CT molecular complexity index is 794. The van der Waals surface area contributed by atoms with Crippen LogP contribution >= 0.6 is 11.3 Å². The first kappa shape index (κ1) is 10.6. The van der Waals surface area contributed by atoms with Crippen molar-refractivity contribution in [2.24, 2.45) is 0 Å². The van der Waals surface area contributed by atoms with Crippen molar-refractivity contribution in [3.8, 4) is 23.0 Å². The highest BCUT2D eigenvalue weighted by atomic mass is 32.1. The Hall–Kier alpha value is -2.53. The maximum absolute atomic E-state index is 12.0. The molecule has 0 N–H and O–H groups in total. The molecule has 0 bridgehead atoms. The number of thiazole rings is 1. The molecule has 0 unspecified atom stereocenters. The fourth-order valence-corrected chi connectivity index (χ4v) is 2.14. The standard InChI is InChI=1S/C10H6N6OS/c1-2-4-16-10(17)15-6-12-7(8(15)13-14-16)9-11-3-5-18-9/h1,3,5-6H,4H2. The third-order valence-corrected chi connectivity index (χ3v) is 3.07. The molecule has 8 heteroatoms. The summed E-state index contributed by atoms with van der Waals surface area (Å²) in [5.74, 6) is 2.34. The minimum atomic E-state index is -0.367. The highest BCUT2D eigenvalue weighted by Gasteiger charge is 2.14. The molecule has 18 heavy (non-hydrogen) atoms. The van der Waals surface area contributed by atoms with Gasteiger partial charge in [0.2, 0.25) is 0 Å². The van der Waals surface area contributed by atoms with Gasteiger partial charge in [0, 0.05) is 11.6 Å². The molecule has 0 aliphatic carbocycles. The lowest BCUT2D eigenvalue weighted by Crippen LogP contribution is -2.29. The van der Waals surface area contributed by atoms with E-state index in [9.17, 15) is 4.79 Å². The zero-order chi connectivity index (χ0) is 12.5. The summed E-state index contributed by atoms with van der Waals surface area (Å²) in [7, 11) is 0. The first-order valence-corrected chi connectivity index (χ1v) is 5.83. The van der Waals surface area contributed by atoms with Gasteiger partial charge < -0.3 is 0 Å². The quantitative estimate of drug-likeness (QED) is 0.607. The van der Waals surface area contributed by atoms with Crippen molar-refractivity contribution >= 4 is 17.0 Å². The zero-order valence-electron chi connectivity index (χ0n) is 9.02. The van der Waals surface area contributed by atoms with E-state index >= 15 is 0 Å². The van der Waals surface area contributed by atoms with Crippen molar-refractivity contribution in [1.82, 2.24) is 29.4 Å². The average molecular weight is 258 g/mol. The third kappa shape index (κ3) is 1.49. The van der Waals surface area contributed by atoms with E-state index in [-0.39, 0.29) is 12.2 Å². The summed E-state index contributed by atoms with van der Waals surface area (Å²) in [6.07, 6.45) is 8.21. The molecule has 0 spiro atoms. The number of hydrogen-bond donors (Lipinski definition) is 0. The average Bonchev–Trinajstić information content (AvgIpc) is 3.00. The Morgan fingerprint density at radius 2 is 2.33 bits per heavy atom. The molecule has 0 atom stereocenters. The molecule has 3 rings (SSSR count). The van der Waals surface area contributed by atoms with E-state index in [4.69, 9.17) is 6.42 Å². The van der Waals surface area contributed by atoms with Crippen LogP contribution in [0, 0.1) is 12.3 Å². The second-order valence-corrected chi connectivity index (χ2v) is 4.25. The Balaban J connectivity index is 2.26. The smallest absolute Gasteiger partial charge is 0.245 e. The SMILES string of the molecule is C#CCn1nnc2c(-c3nccs3)ncn2c1=O. The highest BCUT2D eigenvalue weighted by Crippen LogP contribution is 2.22. The van der Waals surface area contributed by atoms with E-state index in [0.29, 0.717) is 16.3 Å². The normalized spacial score (nSPS) is 10.6. The van der Waals surface area contributed by atoms with Crippen molar-refractivity contribution in [1.29, 1.82) is 0 Å². The molecule has 0 amide bonds. The van der Waals surface area contributed by atoms with Crippen LogP contribution in [0.4, 0.5) is 0 Å². The molecule has 0 radical (unpaired) electrons. The predicted molar refractivity (Wildman–Crippen MR) is 65.0 cm³/mol. The Kier molecular flexibility index (Phi) is 2.39. The van der Waals surface area contributed by atoms with Gasteiger partial charge >= 0.3 is 5.69 Å². The van der Waals surface area contributed by atoms with Gasteiger partial charge in [0.15, 0.2) is 5.65 Å². The minimum Gasteiger partial charge on any atom is -0.245 e. The number of aromatic nitrogens is 6. The molecule has 3 aromatic rings. The molecule has 0 fully saturated rings. The monoisotopic (exact) mass is 258 g/mol. The first-order chi connectivity index (χ1) is 8.81. The lowest BCUT2D eigenvalue weighted by molar-refractivity contribution is 0.577. The molecule has 88 valence electrons. The number of terminal acetylenes is 1. The number of imidazole rings is 1. The summed E-state index contributed by atoms with van der Waals surface area (Å²) in [4.78, 5) is 20.2. The van der Waals surface area contributed by atoms with Gasteiger partial charge in [-0.2, -0.15) is 4.68 Å². The van der Waals surface area contributed by atoms with Gasteiger partial charge in [-0.3, -0.25) is 0 Å². The largest absolute Gasteiger partial charge is 0.353 e. The van der Waals surface area contributed by atoms with Crippen LogP contribution in [0.25, 0.3) is 16.3 Å². The molecule has 0 saturated carbocycles. The van der Waals surface area contributed by atoms with E-state index < -0.39 is 0 Å². The van der Waals surface area contributed by atoms with Crippen LogP contribution in [0.3, 0.4) is 0 Å². The van der Waals surface area contributed by atoms with Crippen molar-refractivity contribution in [2.45, 2.75) is 6.54 Å². The van der Waals surface area contributed by atoms with Crippen LogP contribution in [-0.4, -0.2) is 29.4 Å². The lowest BCUT2D eigenvalue weighted by Gasteiger charge is -1.98. The summed E-state index contributed by atoms with van der Waals surface area (Å²) < 4.78 is 2.40. The fraction of sp³-hybridized carbons (Fsp3) is 0.100. The van der Waals surface area contributed by atoms with Crippen LogP contribution in [0.15, 0.2) is 22.7 Å². The van der Waals surface area contributed by atoms with E-state index in [2.05, 4.69) is 26.2 Å². The summed E-state index contributed by atoms with van der Waals surface area (Å²) in [6, 6.07) is 0. The van der Waals surface area contributed by atoms with Crippen LogP contribution in [0.1, 0.15) is 0 Å². The van der Waals surface area contributed by atoms with Crippen molar-refractivity contribution in [3.63, 3.8) is 0 Å². The number of nitrogens with zero attached hydrogens (tertiary/aromatic N) is 6. The molecular weight excluding hydrogens is 252 g/mol.